The van der Waals surface area contributed by atoms with E-state index in [1.807, 2.05) is 22.6 Å². The summed E-state index contributed by atoms with van der Waals surface area (Å²) in [5.41, 5.74) is 8.09. The standard InChI is InChI=1S/C17H25N5O3/c1-19-15(23)13-8-11-5-7-21(10-14(11)20(13)2)16(24)12-4-3-6-22(9-12)17(18)25/h8,12H,3-7,9-10H2,1-2H3,(H2,18,25)(H,19,23)/t12-/m0/s1. The van der Waals surface area contributed by atoms with E-state index < -0.39 is 6.03 Å². The van der Waals surface area contributed by atoms with Crippen LogP contribution in [0.4, 0.5) is 4.79 Å². The topological polar surface area (TPSA) is 101 Å². The van der Waals surface area contributed by atoms with Crippen LogP contribution in [-0.4, -0.2) is 58.9 Å². The highest BCUT2D eigenvalue weighted by atomic mass is 16.2. The molecule has 2 aliphatic rings. The highest BCUT2D eigenvalue weighted by Gasteiger charge is 2.33. The molecule has 25 heavy (non-hydrogen) atoms. The van der Waals surface area contributed by atoms with Crippen molar-refractivity contribution < 1.29 is 14.4 Å². The molecule has 1 aromatic heterocycles. The van der Waals surface area contributed by atoms with Gasteiger partial charge in [0.05, 0.1) is 12.5 Å². The predicted molar refractivity (Wildman–Crippen MR) is 91.8 cm³/mol. The van der Waals surface area contributed by atoms with Crippen LogP contribution in [0.3, 0.4) is 0 Å². The normalized spacial score (nSPS) is 20.2. The molecule has 136 valence electrons. The van der Waals surface area contributed by atoms with E-state index in [9.17, 15) is 14.4 Å². The first-order valence-corrected chi connectivity index (χ1v) is 8.65. The van der Waals surface area contributed by atoms with Crippen molar-refractivity contribution in [1.82, 2.24) is 19.7 Å². The van der Waals surface area contributed by atoms with Gasteiger partial charge in [0.2, 0.25) is 5.91 Å². The van der Waals surface area contributed by atoms with E-state index in [0.29, 0.717) is 31.9 Å². The monoisotopic (exact) mass is 347 g/mol. The lowest BCUT2D eigenvalue weighted by Crippen LogP contribution is -2.49. The Labute approximate surface area is 146 Å². The lowest BCUT2D eigenvalue weighted by atomic mass is 9.95. The van der Waals surface area contributed by atoms with Gasteiger partial charge < -0.3 is 25.4 Å². The van der Waals surface area contributed by atoms with Crippen molar-refractivity contribution in [2.45, 2.75) is 25.8 Å². The van der Waals surface area contributed by atoms with Gasteiger partial charge in [-0.1, -0.05) is 0 Å². The number of likely N-dealkylation sites (tertiary alicyclic amines) is 1. The Morgan fingerprint density at radius 3 is 2.68 bits per heavy atom. The SMILES string of the molecule is CNC(=O)c1cc2c(n1C)CN(C(=O)[C@H]1CCCN(C(N)=O)C1)CC2. The molecule has 0 aliphatic carbocycles. The van der Waals surface area contributed by atoms with E-state index in [0.717, 1.165) is 30.5 Å². The molecule has 0 radical (unpaired) electrons. The average Bonchev–Trinajstić information content (AvgIpc) is 2.96. The van der Waals surface area contributed by atoms with E-state index >= 15 is 0 Å². The molecule has 1 atom stereocenters. The predicted octanol–water partition coefficient (Wildman–Crippen LogP) is 0.0601. The largest absolute Gasteiger partial charge is 0.354 e. The summed E-state index contributed by atoms with van der Waals surface area (Å²) in [4.78, 5) is 39.6. The molecule has 3 heterocycles. The zero-order chi connectivity index (χ0) is 18.1. The van der Waals surface area contributed by atoms with E-state index in [2.05, 4.69) is 5.32 Å². The zero-order valence-electron chi connectivity index (χ0n) is 14.7. The van der Waals surface area contributed by atoms with Crippen LogP contribution in [0.15, 0.2) is 6.07 Å². The Hall–Kier alpha value is -2.51. The number of amides is 4. The first-order valence-electron chi connectivity index (χ1n) is 8.65. The minimum absolute atomic E-state index is 0.0688. The third kappa shape index (κ3) is 3.20. The van der Waals surface area contributed by atoms with Gasteiger partial charge >= 0.3 is 6.03 Å². The van der Waals surface area contributed by atoms with Crippen molar-refractivity contribution >= 4 is 17.8 Å². The van der Waals surface area contributed by atoms with Crippen LogP contribution in [0.5, 0.6) is 0 Å². The molecular formula is C17H25N5O3. The third-order valence-electron chi connectivity index (χ3n) is 5.29. The molecule has 0 unspecified atom stereocenters. The zero-order valence-corrected chi connectivity index (χ0v) is 14.7. The van der Waals surface area contributed by atoms with Crippen LogP contribution in [0, 0.1) is 5.92 Å². The number of nitrogens with zero attached hydrogens (tertiary/aromatic N) is 3. The summed E-state index contributed by atoms with van der Waals surface area (Å²) in [5, 5.41) is 2.64. The number of urea groups is 1. The van der Waals surface area contributed by atoms with Gasteiger partial charge in [-0.25, -0.2) is 4.79 Å². The quantitative estimate of drug-likeness (QED) is 0.791. The minimum atomic E-state index is -0.462. The molecule has 3 rings (SSSR count). The summed E-state index contributed by atoms with van der Waals surface area (Å²) in [6.45, 7) is 2.15. The van der Waals surface area contributed by atoms with E-state index in [1.165, 1.54) is 0 Å². The van der Waals surface area contributed by atoms with Crippen molar-refractivity contribution in [3.63, 3.8) is 0 Å². The van der Waals surface area contributed by atoms with Crippen LogP contribution in [-0.2, 0) is 24.8 Å². The van der Waals surface area contributed by atoms with Crippen molar-refractivity contribution in [2.24, 2.45) is 18.7 Å². The molecule has 2 aliphatic heterocycles. The second kappa shape index (κ2) is 6.78. The molecule has 0 spiro atoms. The smallest absolute Gasteiger partial charge is 0.314 e. The van der Waals surface area contributed by atoms with Crippen molar-refractivity contribution in [2.75, 3.05) is 26.7 Å². The molecule has 1 fully saturated rings. The van der Waals surface area contributed by atoms with Gasteiger partial charge in [0, 0.05) is 39.4 Å². The first kappa shape index (κ1) is 17.3. The number of rotatable bonds is 2. The minimum Gasteiger partial charge on any atom is -0.354 e. The maximum Gasteiger partial charge on any atom is 0.314 e. The number of primary amides is 1. The Bertz CT molecular complexity index is 711. The first-order chi connectivity index (χ1) is 11.9. The number of carbonyl (C=O) groups excluding carboxylic acids is 3. The van der Waals surface area contributed by atoms with Gasteiger partial charge in [-0.2, -0.15) is 0 Å². The summed E-state index contributed by atoms with van der Waals surface area (Å²) in [5.74, 6) is -0.250. The fourth-order valence-electron chi connectivity index (χ4n) is 3.82. The average molecular weight is 347 g/mol. The number of hydrogen-bond acceptors (Lipinski definition) is 3. The lowest BCUT2D eigenvalue weighted by Gasteiger charge is -2.35. The third-order valence-corrected chi connectivity index (χ3v) is 5.29. The van der Waals surface area contributed by atoms with E-state index in [4.69, 9.17) is 5.73 Å². The lowest BCUT2D eigenvalue weighted by molar-refractivity contribution is -0.138. The number of piperidine rings is 1. The summed E-state index contributed by atoms with van der Waals surface area (Å²) in [6.07, 6.45) is 2.31. The van der Waals surface area contributed by atoms with Gasteiger partial charge in [0.15, 0.2) is 0 Å². The maximum atomic E-state index is 12.9. The molecule has 0 saturated carbocycles. The summed E-state index contributed by atoms with van der Waals surface area (Å²) < 4.78 is 1.87. The van der Waals surface area contributed by atoms with E-state index in [-0.39, 0.29) is 17.7 Å². The Balaban J connectivity index is 1.74. The van der Waals surface area contributed by atoms with Gasteiger partial charge in [-0.05, 0) is 30.9 Å². The van der Waals surface area contributed by atoms with Gasteiger partial charge in [0.25, 0.3) is 5.91 Å². The molecule has 1 aromatic rings. The van der Waals surface area contributed by atoms with Crippen LogP contribution in [0.2, 0.25) is 0 Å². The van der Waals surface area contributed by atoms with Crippen LogP contribution in [0.25, 0.3) is 0 Å². The Morgan fingerprint density at radius 1 is 1.24 bits per heavy atom. The molecule has 0 bridgehead atoms. The van der Waals surface area contributed by atoms with Crippen LogP contribution in [0.1, 0.15) is 34.6 Å². The number of nitrogens with two attached hydrogens (primary N) is 1. The van der Waals surface area contributed by atoms with Crippen molar-refractivity contribution in [3.8, 4) is 0 Å². The molecule has 8 nitrogen and oxygen atoms in total. The number of carbonyl (C=O) groups is 3. The Kier molecular flexibility index (Phi) is 4.69. The highest BCUT2D eigenvalue weighted by Crippen LogP contribution is 2.26. The molecular weight excluding hydrogens is 322 g/mol. The van der Waals surface area contributed by atoms with Gasteiger partial charge in [0.1, 0.15) is 5.69 Å². The van der Waals surface area contributed by atoms with E-state index in [1.54, 1.807) is 11.9 Å². The van der Waals surface area contributed by atoms with Crippen molar-refractivity contribution in [3.05, 3.63) is 23.0 Å². The second-order valence-electron chi connectivity index (χ2n) is 6.77. The summed E-state index contributed by atoms with van der Waals surface area (Å²) in [6, 6.07) is 1.45. The number of hydrogen-bond donors (Lipinski definition) is 2. The Morgan fingerprint density at radius 2 is 2.00 bits per heavy atom. The molecule has 0 aromatic carbocycles. The maximum absolute atomic E-state index is 12.9. The van der Waals surface area contributed by atoms with Crippen LogP contribution >= 0.6 is 0 Å². The summed E-state index contributed by atoms with van der Waals surface area (Å²) in [7, 11) is 3.46. The van der Waals surface area contributed by atoms with Gasteiger partial charge in [-0.15, -0.1) is 0 Å². The fourth-order valence-corrected chi connectivity index (χ4v) is 3.82. The fraction of sp³-hybridized carbons (Fsp3) is 0.588. The summed E-state index contributed by atoms with van der Waals surface area (Å²) >= 11 is 0. The highest BCUT2D eigenvalue weighted by molar-refractivity contribution is 5.93. The molecule has 1 saturated heterocycles. The number of fused-ring (bicyclic) bond motifs is 1. The number of nitrogens with one attached hydrogen (secondary N) is 1. The van der Waals surface area contributed by atoms with Crippen LogP contribution < -0.4 is 11.1 Å². The molecule has 3 N–H and O–H groups in total. The van der Waals surface area contributed by atoms with Gasteiger partial charge in [-0.3, -0.25) is 9.59 Å². The second-order valence-corrected chi connectivity index (χ2v) is 6.77. The number of aromatic nitrogens is 1. The van der Waals surface area contributed by atoms with Crippen molar-refractivity contribution in [1.29, 1.82) is 0 Å². The molecule has 8 heteroatoms. The molecule has 4 amide bonds.